The standard InChI is InChI=1S/C51H36B2N8O2/c1-51(2)43-31-33(52-58(35-15-23-54-24-16-35)47-41-7-3-5-9-45(41)62-49(47)60(52)37-19-27-56-28-20-37)11-13-39(43)40-14-12-34(32-44(40)51)53-59(36-17-25-55-26-18-36)48-42-8-4-6-10-46(42)63-50(48)61(53)38-21-29-57-30-22-38/h3-32H,1-2H3. The van der Waals surface area contributed by atoms with E-state index < -0.39 is 0 Å². The number of aromatic nitrogens is 4. The van der Waals surface area contributed by atoms with Crippen molar-refractivity contribution in [3.05, 3.63) is 194 Å². The van der Waals surface area contributed by atoms with Crippen molar-refractivity contribution in [2.75, 3.05) is 19.2 Å². The van der Waals surface area contributed by atoms with Gasteiger partial charge in [-0.1, -0.05) is 74.5 Å². The molecule has 298 valence electrons. The summed E-state index contributed by atoms with van der Waals surface area (Å²) in [6.45, 7) is 4.16. The van der Waals surface area contributed by atoms with Crippen LogP contribution >= 0.6 is 0 Å². The van der Waals surface area contributed by atoms with E-state index in [9.17, 15) is 0 Å². The fourth-order valence-electron chi connectivity index (χ4n) is 10.3. The second-order valence-electron chi connectivity index (χ2n) is 16.8. The minimum atomic E-state index is -0.349. The van der Waals surface area contributed by atoms with Crippen LogP contribution in [0, 0.1) is 0 Å². The topological polar surface area (TPSA) is 90.8 Å². The van der Waals surface area contributed by atoms with Gasteiger partial charge in [0, 0.05) is 88.5 Å². The Balaban J connectivity index is 0.966. The number of rotatable bonds is 6. The van der Waals surface area contributed by atoms with Gasteiger partial charge >= 0.3 is 14.0 Å². The largest absolute Gasteiger partial charge is 0.439 e. The summed E-state index contributed by atoms with van der Waals surface area (Å²) in [6, 6.07) is 47.1. The number of furan rings is 2. The fraction of sp³-hybridized carbons (Fsp3) is 0.0588. The highest BCUT2D eigenvalue weighted by atomic mass is 16.4. The van der Waals surface area contributed by atoms with Gasteiger partial charge in [-0.3, -0.25) is 19.9 Å². The third-order valence-electron chi connectivity index (χ3n) is 13.1. The maximum absolute atomic E-state index is 6.78. The molecule has 1 aliphatic carbocycles. The highest BCUT2D eigenvalue weighted by Crippen LogP contribution is 2.55. The van der Waals surface area contributed by atoms with Crippen molar-refractivity contribution >= 4 is 92.7 Å². The number of hydrogen-bond acceptors (Lipinski definition) is 10. The van der Waals surface area contributed by atoms with Crippen LogP contribution in [0.2, 0.25) is 0 Å². The van der Waals surface area contributed by atoms with Crippen LogP contribution in [0.25, 0.3) is 33.1 Å². The monoisotopic (exact) mass is 814 g/mol. The molecule has 8 heterocycles. The van der Waals surface area contributed by atoms with Gasteiger partial charge in [0.1, 0.15) is 22.5 Å². The Kier molecular flexibility index (Phi) is 7.60. The van der Waals surface area contributed by atoms with E-state index >= 15 is 0 Å². The Morgan fingerprint density at radius 1 is 0.413 bits per heavy atom. The Labute approximate surface area is 364 Å². The zero-order valence-electron chi connectivity index (χ0n) is 34.4. The first-order valence-electron chi connectivity index (χ1n) is 21.1. The summed E-state index contributed by atoms with van der Waals surface area (Å²) in [5, 5.41) is 2.10. The molecule has 0 amide bonds. The molecule has 0 spiro atoms. The Hall–Kier alpha value is -8.11. The third-order valence-corrected chi connectivity index (χ3v) is 13.1. The molecule has 12 heteroatoms. The van der Waals surface area contributed by atoms with E-state index in [1.54, 1.807) is 0 Å². The van der Waals surface area contributed by atoms with Crippen LogP contribution in [0.4, 0.5) is 45.9 Å². The van der Waals surface area contributed by atoms with Crippen LogP contribution in [-0.4, -0.2) is 33.9 Å². The number of benzene rings is 4. The zero-order chi connectivity index (χ0) is 41.8. The lowest BCUT2D eigenvalue weighted by Gasteiger charge is -2.31. The number of pyridine rings is 4. The molecule has 6 aromatic heterocycles. The van der Waals surface area contributed by atoms with Gasteiger partial charge in [-0.15, -0.1) is 0 Å². The highest BCUT2D eigenvalue weighted by molar-refractivity contribution is 6.85. The molecule has 13 rings (SSSR count). The van der Waals surface area contributed by atoms with Crippen LogP contribution in [-0.2, 0) is 5.41 Å². The van der Waals surface area contributed by atoms with Crippen LogP contribution in [0.1, 0.15) is 25.0 Å². The number of anilines is 8. The number of hydrogen-bond donors (Lipinski definition) is 0. The smallest absolute Gasteiger partial charge is 0.423 e. The van der Waals surface area contributed by atoms with Crippen molar-refractivity contribution in [2.24, 2.45) is 0 Å². The molecule has 0 fully saturated rings. The Morgan fingerprint density at radius 3 is 1.14 bits per heavy atom. The average Bonchev–Trinajstić information content (AvgIpc) is 4.12. The molecule has 0 bridgehead atoms. The van der Waals surface area contributed by atoms with Gasteiger partial charge in [0.15, 0.2) is 0 Å². The highest BCUT2D eigenvalue weighted by Gasteiger charge is 2.50. The van der Waals surface area contributed by atoms with Crippen molar-refractivity contribution in [1.82, 2.24) is 19.9 Å². The van der Waals surface area contributed by atoms with Gasteiger partial charge < -0.3 is 28.1 Å². The SMILES string of the molecule is CC1(C)c2cc(B3N(c4ccncc4)c4oc5ccccc5c4N3c3ccncc3)ccc2-c2ccc(B3N(c4ccncc4)c4oc5ccccc5c4N3c3ccncc3)cc21. The lowest BCUT2D eigenvalue weighted by Crippen LogP contribution is -2.53. The van der Waals surface area contributed by atoms with Gasteiger partial charge in [0.25, 0.3) is 0 Å². The first-order valence-corrected chi connectivity index (χ1v) is 21.1. The molecule has 10 aromatic rings. The van der Waals surface area contributed by atoms with Gasteiger partial charge in [0.2, 0.25) is 11.8 Å². The van der Waals surface area contributed by atoms with E-state index in [2.05, 4.69) is 162 Å². The van der Waals surface area contributed by atoms with E-state index in [0.717, 1.165) is 78.8 Å². The molecule has 0 N–H and O–H groups in total. The Bertz CT molecular complexity index is 3160. The first-order chi connectivity index (χ1) is 31.0. The van der Waals surface area contributed by atoms with Gasteiger partial charge in [-0.05, 0) is 106 Å². The molecule has 10 nitrogen and oxygen atoms in total. The Morgan fingerprint density at radius 2 is 0.762 bits per heavy atom. The average molecular weight is 815 g/mol. The van der Waals surface area contributed by atoms with E-state index in [0.29, 0.717) is 0 Å². The normalized spacial score (nSPS) is 14.8. The van der Waals surface area contributed by atoms with E-state index in [1.165, 1.54) is 22.3 Å². The number of fused-ring (bicyclic) bond motifs is 9. The number of nitrogens with zero attached hydrogens (tertiary/aromatic N) is 8. The summed E-state index contributed by atoms with van der Waals surface area (Å²) in [7, 11) is 0. The van der Waals surface area contributed by atoms with Crippen molar-refractivity contribution in [3.8, 4) is 11.1 Å². The molecule has 0 saturated heterocycles. The molecule has 0 radical (unpaired) electrons. The lowest BCUT2D eigenvalue weighted by molar-refractivity contribution is 0.627. The summed E-state index contributed by atoms with van der Waals surface area (Å²) in [5.41, 5.74) is 14.7. The second-order valence-corrected chi connectivity index (χ2v) is 16.8. The lowest BCUT2D eigenvalue weighted by atomic mass is 9.62. The first kappa shape index (κ1) is 35.6. The summed E-state index contributed by atoms with van der Waals surface area (Å²) in [5.74, 6) is 1.58. The quantitative estimate of drug-likeness (QED) is 0.151. The van der Waals surface area contributed by atoms with E-state index in [4.69, 9.17) is 8.83 Å². The second kappa shape index (κ2) is 13.4. The predicted molar refractivity (Wildman–Crippen MR) is 253 cm³/mol. The van der Waals surface area contributed by atoms with Crippen molar-refractivity contribution < 1.29 is 8.83 Å². The molecule has 0 unspecified atom stereocenters. The van der Waals surface area contributed by atoms with Gasteiger partial charge in [-0.25, -0.2) is 0 Å². The van der Waals surface area contributed by atoms with Crippen molar-refractivity contribution in [1.29, 1.82) is 0 Å². The maximum Gasteiger partial charge on any atom is 0.423 e. The van der Waals surface area contributed by atoms with Crippen LogP contribution in [0.3, 0.4) is 0 Å². The summed E-state index contributed by atoms with van der Waals surface area (Å²) in [4.78, 5) is 27.0. The van der Waals surface area contributed by atoms with Crippen LogP contribution < -0.4 is 30.2 Å². The molecule has 4 aromatic carbocycles. The van der Waals surface area contributed by atoms with Crippen LogP contribution in [0.15, 0.2) is 192 Å². The molecule has 0 saturated carbocycles. The molecule has 2 aliphatic heterocycles. The maximum atomic E-state index is 6.78. The zero-order valence-corrected chi connectivity index (χ0v) is 34.4. The summed E-state index contributed by atoms with van der Waals surface area (Å²) >= 11 is 0. The van der Waals surface area contributed by atoms with Crippen molar-refractivity contribution in [2.45, 2.75) is 19.3 Å². The molecule has 3 aliphatic rings. The minimum Gasteiger partial charge on any atom is -0.439 e. The van der Waals surface area contributed by atoms with Crippen LogP contribution in [0.5, 0.6) is 0 Å². The van der Waals surface area contributed by atoms with Gasteiger partial charge in [0.05, 0.1) is 0 Å². The van der Waals surface area contributed by atoms with Crippen molar-refractivity contribution in [3.63, 3.8) is 0 Å². The molecule has 0 atom stereocenters. The predicted octanol–water partition coefficient (Wildman–Crippen LogP) is 10.4. The molecular weight excluding hydrogens is 778 g/mol. The summed E-state index contributed by atoms with van der Waals surface area (Å²) in [6.07, 6.45) is 14.8. The third kappa shape index (κ3) is 5.15. The molecular formula is C51H36B2N8O2. The van der Waals surface area contributed by atoms with E-state index in [-0.39, 0.29) is 19.4 Å². The van der Waals surface area contributed by atoms with E-state index in [1.807, 2.05) is 73.8 Å². The fourth-order valence-corrected chi connectivity index (χ4v) is 10.3. The van der Waals surface area contributed by atoms with Gasteiger partial charge in [-0.2, -0.15) is 0 Å². The molecule has 63 heavy (non-hydrogen) atoms. The minimum absolute atomic E-state index is 0.272. The number of para-hydroxylation sites is 2. The summed E-state index contributed by atoms with van der Waals surface area (Å²) < 4.78 is 13.6.